The number of alkyl halides is 3. The summed E-state index contributed by atoms with van der Waals surface area (Å²) in [6.45, 7) is 0. The van der Waals surface area contributed by atoms with E-state index in [4.69, 9.17) is 21.0 Å². The zero-order valence-corrected chi connectivity index (χ0v) is 14.3. The second-order valence-corrected chi connectivity index (χ2v) is 5.35. The number of halogens is 3. The van der Waals surface area contributed by atoms with Gasteiger partial charge in [0.25, 0.3) is 5.69 Å². The Morgan fingerprint density at radius 2 is 1.83 bits per heavy atom. The van der Waals surface area contributed by atoms with E-state index >= 15 is 0 Å². The van der Waals surface area contributed by atoms with E-state index in [1.165, 1.54) is 6.07 Å². The third-order valence-electron chi connectivity index (χ3n) is 3.43. The Balaban J connectivity index is 2.43. The van der Waals surface area contributed by atoms with Gasteiger partial charge < -0.3 is 10.5 Å². The molecule has 0 aromatic heterocycles. The highest BCUT2D eigenvalue weighted by atomic mass is 19.4. The lowest BCUT2D eigenvalue weighted by Gasteiger charge is -2.10. The summed E-state index contributed by atoms with van der Waals surface area (Å²) in [5.74, 6) is 0.0565. The molecule has 0 aliphatic rings. The predicted octanol–water partition coefficient (Wildman–Crippen LogP) is 4.04. The lowest BCUT2D eigenvalue weighted by Crippen LogP contribution is -2.04. The number of hydrogen-bond donors (Lipinski definition) is 1. The fraction of sp³-hybridized carbons (Fsp3) is 0.0556. The Morgan fingerprint density at radius 3 is 2.34 bits per heavy atom. The molecule has 0 aliphatic heterocycles. The highest BCUT2D eigenvalue weighted by Crippen LogP contribution is 2.32. The molecule has 0 radical (unpaired) electrons. The molecular weight excluding hydrogens is 391 g/mol. The quantitative estimate of drug-likeness (QED) is 0.347. The van der Waals surface area contributed by atoms with Crippen molar-refractivity contribution in [3.8, 4) is 23.6 Å². The van der Waals surface area contributed by atoms with Crippen molar-refractivity contribution in [3.63, 3.8) is 0 Å². The molecule has 2 rings (SSSR count). The van der Waals surface area contributed by atoms with Crippen LogP contribution in [0.5, 0.6) is 11.5 Å². The molecule has 0 bridgehead atoms. The highest BCUT2D eigenvalue weighted by molar-refractivity contribution is 5.86. The van der Waals surface area contributed by atoms with Gasteiger partial charge in [-0.3, -0.25) is 10.1 Å². The normalized spacial score (nSPS) is 12.0. The van der Waals surface area contributed by atoms with Crippen LogP contribution >= 0.6 is 0 Å². The standard InChI is InChI=1S/C18H10F3N5O3/c19-18(20,21)12-1-4-14(5-2-12)29-17-6-3-13(26(27)28)7-11(17)10-25-16(9-23)15(24)8-22/h1-7,10H,24H2/b16-15-,25-10?. The van der Waals surface area contributed by atoms with Gasteiger partial charge in [-0.1, -0.05) is 0 Å². The van der Waals surface area contributed by atoms with Crippen LogP contribution < -0.4 is 10.5 Å². The minimum absolute atomic E-state index is 0.0203. The monoisotopic (exact) mass is 401 g/mol. The Kier molecular flexibility index (Phi) is 6.16. The van der Waals surface area contributed by atoms with Gasteiger partial charge in [-0.2, -0.15) is 23.7 Å². The summed E-state index contributed by atoms with van der Waals surface area (Å²) in [4.78, 5) is 14.0. The first-order valence-corrected chi connectivity index (χ1v) is 7.63. The van der Waals surface area contributed by atoms with Gasteiger partial charge in [0.05, 0.1) is 10.5 Å². The summed E-state index contributed by atoms with van der Waals surface area (Å²) < 4.78 is 43.4. The number of allylic oxidation sites excluding steroid dienone is 2. The van der Waals surface area contributed by atoms with Gasteiger partial charge in [0, 0.05) is 23.9 Å². The van der Waals surface area contributed by atoms with Gasteiger partial charge in [-0.15, -0.1) is 0 Å². The molecule has 2 aromatic rings. The molecule has 0 atom stereocenters. The first-order chi connectivity index (χ1) is 13.7. The molecule has 146 valence electrons. The molecule has 2 N–H and O–H groups in total. The van der Waals surface area contributed by atoms with Gasteiger partial charge in [-0.25, -0.2) is 4.99 Å². The lowest BCUT2D eigenvalue weighted by atomic mass is 10.2. The van der Waals surface area contributed by atoms with Crippen LogP contribution in [0.4, 0.5) is 18.9 Å². The molecular formula is C18H10F3N5O3. The third kappa shape index (κ3) is 5.30. The fourth-order valence-corrected chi connectivity index (χ4v) is 2.03. The first-order valence-electron chi connectivity index (χ1n) is 7.63. The second kappa shape index (κ2) is 8.54. The number of nitro groups is 1. The van der Waals surface area contributed by atoms with Crippen molar-refractivity contribution in [1.29, 1.82) is 10.5 Å². The van der Waals surface area contributed by atoms with Crippen molar-refractivity contribution in [2.45, 2.75) is 6.18 Å². The molecule has 0 unspecified atom stereocenters. The molecule has 0 saturated carbocycles. The maximum atomic E-state index is 12.6. The van der Waals surface area contributed by atoms with Crippen LogP contribution in [0.2, 0.25) is 0 Å². The van der Waals surface area contributed by atoms with Gasteiger partial charge in [0.2, 0.25) is 0 Å². The molecule has 11 heteroatoms. The van der Waals surface area contributed by atoms with Crippen LogP contribution in [-0.2, 0) is 6.18 Å². The van der Waals surface area contributed by atoms with Crippen molar-refractivity contribution in [1.82, 2.24) is 0 Å². The van der Waals surface area contributed by atoms with Crippen LogP contribution in [0.15, 0.2) is 58.9 Å². The number of nitriles is 2. The first kappa shape index (κ1) is 20.9. The van der Waals surface area contributed by atoms with E-state index in [-0.39, 0.29) is 22.7 Å². The topological polar surface area (TPSA) is 138 Å². The van der Waals surface area contributed by atoms with E-state index < -0.39 is 28.1 Å². The molecule has 0 saturated heterocycles. The van der Waals surface area contributed by atoms with Crippen LogP contribution in [-0.4, -0.2) is 11.1 Å². The lowest BCUT2D eigenvalue weighted by molar-refractivity contribution is -0.384. The summed E-state index contributed by atoms with van der Waals surface area (Å²) in [5, 5.41) is 28.7. The average Bonchev–Trinajstić information content (AvgIpc) is 2.68. The molecule has 2 aromatic carbocycles. The molecule has 0 spiro atoms. The predicted molar refractivity (Wildman–Crippen MR) is 94.6 cm³/mol. The maximum absolute atomic E-state index is 12.6. The SMILES string of the molecule is N#C/C(N)=C(\C#N)N=Cc1cc([N+](=O)[O-])ccc1Oc1ccc(C(F)(F)F)cc1. The van der Waals surface area contributed by atoms with Gasteiger partial charge >= 0.3 is 6.18 Å². The second-order valence-electron chi connectivity index (χ2n) is 5.35. The van der Waals surface area contributed by atoms with E-state index in [0.29, 0.717) is 0 Å². The van der Waals surface area contributed by atoms with Crippen molar-refractivity contribution >= 4 is 11.9 Å². The highest BCUT2D eigenvalue weighted by Gasteiger charge is 2.30. The minimum Gasteiger partial charge on any atom is -0.457 e. The van der Waals surface area contributed by atoms with Crippen molar-refractivity contribution in [3.05, 3.63) is 75.1 Å². The van der Waals surface area contributed by atoms with E-state index in [1.54, 1.807) is 12.1 Å². The maximum Gasteiger partial charge on any atom is 0.416 e. The Hall–Kier alpha value is -4.38. The van der Waals surface area contributed by atoms with Gasteiger partial charge in [0.1, 0.15) is 29.3 Å². The smallest absolute Gasteiger partial charge is 0.416 e. The number of aliphatic imine (C=N–C) groups is 1. The molecule has 29 heavy (non-hydrogen) atoms. The molecule has 0 fully saturated rings. The number of ether oxygens (including phenoxy) is 1. The van der Waals surface area contributed by atoms with Crippen LogP contribution in [0.1, 0.15) is 11.1 Å². The van der Waals surface area contributed by atoms with Crippen LogP contribution in [0.3, 0.4) is 0 Å². The molecule has 0 aliphatic carbocycles. The largest absolute Gasteiger partial charge is 0.457 e. The number of nitro benzene ring substituents is 1. The number of nitrogens with two attached hydrogens (primary N) is 1. The number of non-ortho nitro benzene ring substituents is 1. The number of rotatable bonds is 5. The number of hydrogen-bond acceptors (Lipinski definition) is 7. The Morgan fingerprint density at radius 1 is 1.17 bits per heavy atom. The molecule has 8 nitrogen and oxygen atoms in total. The minimum atomic E-state index is -4.51. The summed E-state index contributed by atoms with van der Waals surface area (Å²) in [5.41, 5.74) is 3.31. The van der Waals surface area contributed by atoms with E-state index in [2.05, 4.69) is 4.99 Å². The third-order valence-corrected chi connectivity index (χ3v) is 3.43. The van der Waals surface area contributed by atoms with E-state index in [0.717, 1.165) is 42.6 Å². The van der Waals surface area contributed by atoms with E-state index in [1.807, 2.05) is 0 Å². The van der Waals surface area contributed by atoms with Crippen LogP contribution in [0, 0.1) is 32.8 Å². The van der Waals surface area contributed by atoms with Crippen molar-refractivity contribution in [2.75, 3.05) is 0 Å². The van der Waals surface area contributed by atoms with E-state index in [9.17, 15) is 23.3 Å². The fourth-order valence-electron chi connectivity index (χ4n) is 2.03. The summed E-state index contributed by atoms with van der Waals surface area (Å²) in [7, 11) is 0. The van der Waals surface area contributed by atoms with Crippen molar-refractivity contribution in [2.24, 2.45) is 10.7 Å². The van der Waals surface area contributed by atoms with Crippen LogP contribution in [0.25, 0.3) is 0 Å². The molecule has 0 amide bonds. The van der Waals surface area contributed by atoms with Gasteiger partial charge in [0.15, 0.2) is 5.70 Å². The zero-order valence-electron chi connectivity index (χ0n) is 14.3. The average molecular weight is 401 g/mol. The summed E-state index contributed by atoms with van der Waals surface area (Å²) >= 11 is 0. The molecule has 0 heterocycles. The zero-order chi connectivity index (χ0) is 21.6. The Bertz CT molecular complexity index is 1080. The summed E-state index contributed by atoms with van der Waals surface area (Å²) in [6.07, 6.45) is -3.49. The number of benzene rings is 2. The van der Waals surface area contributed by atoms with Crippen molar-refractivity contribution < 1.29 is 22.8 Å². The summed E-state index contributed by atoms with van der Waals surface area (Å²) in [6, 6.07) is 10.4. The Labute approximate surface area is 161 Å². The number of nitrogens with zero attached hydrogens (tertiary/aromatic N) is 4. The van der Waals surface area contributed by atoms with Gasteiger partial charge in [-0.05, 0) is 30.3 Å².